The molecule has 7 heteroatoms. The highest BCUT2D eigenvalue weighted by Gasteiger charge is 2.26. The molecule has 0 spiro atoms. The maximum absolute atomic E-state index is 11.7. The molecule has 0 saturated heterocycles. The molecule has 20 heavy (non-hydrogen) atoms. The number of nitrogens with zero attached hydrogens (tertiary/aromatic N) is 1. The second kappa shape index (κ2) is 6.71. The van der Waals surface area contributed by atoms with Crippen molar-refractivity contribution >= 4 is 23.3 Å². The Labute approximate surface area is 121 Å². The van der Waals surface area contributed by atoms with Gasteiger partial charge in [0.2, 0.25) is 0 Å². The molecule has 2 amide bonds. The molecule has 1 fully saturated rings. The Morgan fingerprint density at radius 3 is 2.85 bits per heavy atom. The number of aliphatic carboxylic acids is 1. The Bertz CT molecular complexity index is 459. The fourth-order valence-corrected chi connectivity index (χ4v) is 2.70. The van der Waals surface area contributed by atoms with Gasteiger partial charge in [-0.05, 0) is 31.3 Å². The van der Waals surface area contributed by atoms with Gasteiger partial charge < -0.3 is 20.6 Å². The molecule has 1 atom stereocenters. The summed E-state index contributed by atoms with van der Waals surface area (Å²) in [4.78, 5) is 25.7. The number of urea groups is 1. The van der Waals surface area contributed by atoms with Crippen LogP contribution in [0.3, 0.4) is 0 Å². The topological polar surface area (TPSA) is 81.7 Å². The summed E-state index contributed by atoms with van der Waals surface area (Å²) in [5.74, 6) is -1.06. The average Bonchev–Trinajstić information content (AvgIpc) is 3.12. The lowest BCUT2D eigenvalue weighted by Gasteiger charge is -2.17. The Hall–Kier alpha value is -1.60. The number of carboxylic acids is 1. The van der Waals surface area contributed by atoms with Gasteiger partial charge in [0.1, 0.15) is 0 Å². The molecule has 110 valence electrons. The first-order valence-corrected chi connectivity index (χ1v) is 7.46. The first-order valence-electron chi connectivity index (χ1n) is 6.58. The van der Waals surface area contributed by atoms with Crippen molar-refractivity contribution in [3.8, 4) is 0 Å². The highest BCUT2D eigenvalue weighted by Crippen LogP contribution is 2.24. The van der Waals surface area contributed by atoms with Crippen molar-refractivity contribution < 1.29 is 14.7 Å². The van der Waals surface area contributed by atoms with Gasteiger partial charge in [-0.2, -0.15) is 0 Å². The zero-order valence-electron chi connectivity index (χ0n) is 11.3. The van der Waals surface area contributed by atoms with Crippen LogP contribution in [0.2, 0.25) is 0 Å². The van der Waals surface area contributed by atoms with Crippen molar-refractivity contribution in [2.24, 2.45) is 0 Å². The standard InChI is InChI=1S/C13H19N3O3S/c1-16(9-4-5-9)7-6-14-13(19)15-11(12(17)18)10-3-2-8-20-10/h2-3,8-9,11H,4-7H2,1H3,(H,17,18)(H2,14,15,19). The second-order valence-corrected chi connectivity index (χ2v) is 5.88. The van der Waals surface area contributed by atoms with Gasteiger partial charge in [0, 0.05) is 24.0 Å². The van der Waals surface area contributed by atoms with E-state index in [9.17, 15) is 9.59 Å². The number of carboxylic acid groups (broad SMARTS) is 1. The van der Waals surface area contributed by atoms with Gasteiger partial charge >= 0.3 is 12.0 Å². The lowest BCUT2D eigenvalue weighted by Crippen LogP contribution is -2.43. The molecule has 3 N–H and O–H groups in total. The number of hydrogen-bond acceptors (Lipinski definition) is 4. The fourth-order valence-electron chi connectivity index (χ4n) is 1.94. The predicted octanol–water partition coefficient (Wildman–Crippen LogP) is 1.27. The lowest BCUT2D eigenvalue weighted by atomic mass is 10.2. The van der Waals surface area contributed by atoms with E-state index in [1.165, 1.54) is 24.2 Å². The molecular formula is C13H19N3O3S. The summed E-state index contributed by atoms with van der Waals surface area (Å²) in [6.45, 7) is 1.28. The minimum atomic E-state index is -1.06. The molecule has 1 aliphatic carbocycles. The zero-order valence-corrected chi connectivity index (χ0v) is 12.2. The van der Waals surface area contributed by atoms with Crippen LogP contribution in [0.25, 0.3) is 0 Å². The molecule has 0 radical (unpaired) electrons. The number of rotatable bonds is 7. The summed E-state index contributed by atoms with van der Waals surface area (Å²) in [5.41, 5.74) is 0. The summed E-state index contributed by atoms with van der Waals surface area (Å²) in [7, 11) is 2.03. The Balaban J connectivity index is 1.75. The molecule has 0 bridgehead atoms. The van der Waals surface area contributed by atoms with Crippen LogP contribution in [0.4, 0.5) is 4.79 Å². The highest BCUT2D eigenvalue weighted by molar-refractivity contribution is 7.10. The number of hydrogen-bond donors (Lipinski definition) is 3. The third-order valence-corrected chi connectivity index (χ3v) is 4.21. The lowest BCUT2D eigenvalue weighted by molar-refractivity contribution is -0.139. The summed E-state index contributed by atoms with van der Waals surface area (Å²) in [6.07, 6.45) is 2.45. The monoisotopic (exact) mass is 297 g/mol. The predicted molar refractivity (Wildman–Crippen MR) is 76.9 cm³/mol. The minimum Gasteiger partial charge on any atom is -0.479 e. The van der Waals surface area contributed by atoms with Crippen molar-refractivity contribution in [1.82, 2.24) is 15.5 Å². The van der Waals surface area contributed by atoms with Crippen molar-refractivity contribution in [1.29, 1.82) is 0 Å². The Kier molecular flexibility index (Phi) is 4.97. The highest BCUT2D eigenvalue weighted by atomic mass is 32.1. The number of likely N-dealkylation sites (N-methyl/N-ethyl adjacent to an activating group) is 1. The van der Waals surface area contributed by atoms with Crippen molar-refractivity contribution in [3.63, 3.8) is 0 Å². The quantitative estimate of drug-likeness (QED) is 0.708. The number of amides is 2. The van der Waals surface area contributed by atoms with Gasteiger partial charge in [0.15, 0.2) is 6.04 Å². The van der Waals surface area contributed by atoms with Gasteiger partial charge in [0.25, 0.3) is 0 Å². The van der Waals surface area contributed by atoms with Crippen molar-refractivity contribution in [2.75, 3.05) is 20.1 Å². The SMILES string of the molecule is CN(CCNC(=O)NC(C(=O)O)c1cccs1)C1CC1. The number of nitrogens with one attached hydrogen (secondary N) is 2. The van der Waals surface area contributed by atoms with Gasteiger partial charge in [-0.15, -0.1) is 11.3 Å². The van der Waals surface area contributed by atoms with Gasteiger partial charge in [0.05, 0.1) is 0 Å². The summed E-state index contributed by atoms with van der Waals surface area (Å²) in [6, 6.07) is 2.67. The molecule has 0 aliphatic heterocycles. The zero-order chi connectivity index (χ0) is 14.5. The van der Waals surface area contributed by atoms with Crippen LogP contribution in [-0.2, 0) is 4.79 Å². The third kappa shape index (κ3) is 4.21. The van der Waals surface area contributed by atoms with Crippen molar-refractivity contribution in [3.05, 3.63) is 22.4 Å². The fraction of sp³-hybridized carbons (Fsp3) is 0.538. The first-order chi connectivity index (χ1) is 9.58. The van der Waals surface area contributed by atoms with E-state index in [2.05, 4.69) is 15.5 Å². The van der Waals surface area contributed by atoms with E-state index in [-0.39, 0.29) is 0 Å². The van der Waals surface area contributed by atoms with E-state index in [0.717, 1.165) is 6.54 Å². The van der Waals surface area contributed by atoms with E-state index >= 15 is 0 Å². The van der Waals surface area contributed by atoms with Gasteiger partial charge in [-0.1, -0.05) is 6.07 Å². The summed E-state index contributed by atoms with van der Waals surface area (Å²) >= 11 is 1.31. The average molecular weight is 297 g/mol. The molecular weight excluding hydrogens is 278 g/mol. The van der Waals surface area contributed by atoms with Crippen LogP contribution in [0, 0.1) is 0 Å². The smallest absolute Gasteiger partial charge is 0.331 e. The molecule has 1 saturated carbocycles. The number of carbonyl (C=O) groups excluding carboxylic acids is 1. The van der Waals surface area contributed by atoms with E-state index in [1.807, 2.05) is 7.05 Å². The molecule has 2 rings (SSSR count). The molecule has 1 unspecified atom stereocenters. The molecule has 1 aliphatic rings. The van der Waals surface area contributed by atoms with Crippen LogP contribution < -0.4 is 10.6 Å². The number of carbonyl (C=O) groups is 2. The Morgan fingerprint density at radius 1 is 1.55 bits per heavy atom. The van der Waals surface area contributed by atoms with Crippen LogP contribution in [0.15, 0.2) is 17.5 Å². The maximum Gasteiger partial charge on any atom is 0.331 e. The van der Waals surface area contributed by atoms with Gasteiger partial charge in [-0.3, -0.25) is 0 Å². The van der Waals surface area contributed by atoms with Crippen LogP contribution in [0.5, 0.6) is 0 Å². The Morgan fingerprint density at radius 2 is 2.30 bits per heavy atom. The normalized spacial score (nSPS) is 15.9. The van der Waals surface area contributed by atoms with E-state index in [0.29, 0.717) is 17.5 Å². The molecule has 6 nitrogen and oxygen atoms in total. The van der Waals surface area contributed by atoms with Crippen molar-refractivity contribution in [2.45, 2.75) is 24.9 Å². The number of thiophene rings is 1. The van der Waals surface area contributed by atoms with Crippen LogP contribution in [0.1, 0.15) is 23.8 Å². The molecule has 1 aromatic heterocycles. The molecule has 0 aromatic carbocycles. The largest absolute Gasteiger partial charge is 0.479 e. The second-order valence-electron chi connectivity index (χ2n) is 4.90. The van der Waals surface area contributed by atoms with E-state index in [1.54, 1.807) is 17.5 Å². The van der Waals surface area contributed by atoms with E-state index < -0.39 is 18.0 Å². The first kappa shape index (κ1) is 14.8. The maximum atomic E-state index is 11.7. The third-order valence-electron chi connectivity index (χ3n) is 3.27. The van der Waals surface area contributed by atoms with E-state index in [4.69, 9.17) is 5.11 Å². The van der Waals surface area contributed by atoms with Crippen LogP contribution in [-0.4, -0.2) is 48.2 Å². The minimum absolute atomic E-state index is 0.449. The summed E-state index contributed by atoms with van der Waals surface area (Å²) < 4.78 is 0. The van der Waals surface area contributed by atoms with Crippen LogP contribution >= 0.6 is 11.3 Å². The van der Waals surface area contributed by atoms with Gasteiger partial charge in [-0.25, -0.2) is 9.59 Å². The summed E-state index contributed by atoms with van der Waals surface area (Å²) in [5, 5.41) is 16.1. The molecule has 1 heterocycles. The molecule has 1 aromatic rings.